The van der Waals surface area contributed by atoms with Crippen molar-refractivity contribution < 1.29 is 30.6 Å². The Balaban J connectivity index is 2.02. The predicted molar refractivity (Wildman–Crippen MR) is 113 cm³/mol. The van der Waals surface area contributed by atoms with Crippen LogP contribution in [-0.4, -0.2) is 43.1 Å². The molecule has 0 atom stereocenters. The van der Waals surface area contributed by atoms with Crippen molar-refractivity contribution in [3.05, 3.63) is 58.7 Å². The minimum atomic E-state index is -0.639. The molecular weight excluding hydrogens is 388 g/mol. The molecule has 0 spiro atoms. The number of benzene rings is 3. The summed E-state index contributed by atoms with van der Waals surface area (Å²) in [7, 11) is 0. The molecule has 0 saturated carbocycles. The summed E-state index contributed by atoms with van der Waals surface area (Å²) >= 11 is 0. The Labute approximate surface area is 172 Å². The van der Waals surface area contributed by atoms with Crippen LogP contribution in [0.15, 0.2) is 46.4 Å². The average Bonchev–Trinajstić information content (AvgIpc) is 2.72. The summed E-state index contributed by atoms with van der Waals surface area (Å²) in [5.41, 5.74) is 3.18. The van der Waals surface area contributed by atoms with Gasteiger partial charge in [-0.1, -0.05) is 0 Å². The lowest BCUT2D eigenvalue weighted by atomic mass is 10.1. The summed E-state index contributed by atoms with van der Waals surface area (Å²) in [5.74, 6) is -3.18. The molecule has 3 aromatic rings. The van der Waals surface area contributed by atoms with E-state index in [9.17, 15) is 30.6 Å². The molecule has 154 valence electrons. The van der Waals surface area contributed by atoms with Crippen LogP contribution in [0.2, 0.25) is 0 Å². The van der Waals surface area contributed by atoms with Gasteiger partial charge >= 0.3 is 0 Å². The van der Waals surface area contributed by atoms with Gasteiger partial charge in [-0.25, -0.2) is 0 Å². The first kappa shape index (κ1) is 20.5. The van der Waals surface area contributed by atoms with Crippen LogP contribution in [0.1, 0.15) is 22.3 Å². The standard InChI is InChI=1S/C22H20N2O6/c1-11-7-15(23-9-13-3-5-17(25)21(29)19(13)27)16(8-12(11)2)24-10-14-4-6-18(26)22(30)20(14)28/h3-10,25-30H,1-2H3. The molecule has 0 amide bonds. The van der Waals surface area contributed by atoms with Crippen LogP contribution >= 0.6 is 0 Å². The molecule has 8 heteroatoms. The van der Waals surface area contributed by atoms with Gasteiger partial charge in [0, 0.05) is 23.6 Å². The first-order chi connectivity index (χ1) is 14.2. The van der Waals surface area contributed by atoms with Crippen molar-refractivity contribution in [3.8, 4) is 34.5 Å². The summed E-state index contributed by atoms with van der Waals surface area (Å²) in [6, 6.07) is 8.82. The monoisotopic (exact) mass is 408 g/mol. The average molecular weight is 408 g/mol. The second kappa shape index (κ2) is 8.04. The highest BCUT2D eigenvalue weighted by Gasteiger charge is 2.11. The van der Waals surface area contributed by atoms with Gasteiger partial charge in [-0.3, -0.25) is 9.98 Å². The van der Waals surface area contributed by atoms with Gasteiger partial charge in [-0.2, -0.15) is 0 Å². The number of hydrogen-bond donors (Lipinski definition) is 6. The van der Waals surface area contributed by atoms with E-state index < -0.39 is 34.5 Å². The third-order valence-electron chi connectivity index (χ3n) is 4.60. The normalized spacial score (nSPS) is 11.5. The van der Waals surface area contributed by atoms with Gasteiger partial charge in [-0.15, -0.1) is 0 Å². The summed E-state index contributed by atoms with van der Waals surface area (Å²) < 4.78 is 0. The third kappa shape index (κ3) is 3.97. The van der Waals surface area contributed by atoms with Gasteiger partial charge in [0.15, 0.2) is 23.0 Å². The summed E-state index contributed by atoms with van der Waals surface area (Å²) in [6.07, 6.45) is 2.64. The number of phenols is 6. The maximum Gasteiger partial charge on any atom is 0.200 e. The smallest absolute Gasteiger partial charge is 0.200 e. The highest BCUT2D eigenvalue weighted by Crippen LogP contribution is 2.38. The van der Waals surface area contributed by atoms with E-state index in [4.69, 9.17) is 0 Å². The van der Waals surface area contributed by atoms with E-state index in [0.717, 1.165) is 11.1 Å². The molecule has 6 N–H and O–H groups in total. The van der Waals surface area contributed by atoms with E-state index in [1.807, 2.05) is 13.8 Å². The van der Waals surface area contributed by atoms with Crippen LogP contribution in [-0.2, 0) is 0 Å². The molecule has 0 saturated heterocycles. The van der Waals surface area contributed by atoms with E-state index in [0.29, 0.717) is 11.4 Å². The third-order valence-corrected chi connectivity index (χ3v) is 4.60. The minimum absolute atomic E-state index is 0.194. The molecule has 0 radical (unpaired) electrons. The lowest BCUT2D eigenvalue weighted by molar-refractivity contribution is 0.367. The van der Waals surface area contributed by atoms with Gasteiger partial charge in [-0.05, 0) is 61.4 Å². The zero-order valence-corrected chi connectivity index (χ0v) is 16.2. The zero-order valence-electron chi connectivity index (χ0n) is 16.2. The molecule has 0 aliphatic rings. The Kier molecular flexibility index (Phi) is 5.50. The maximum absolute atomic E-state index is 9.95. The molecule has 3 rings (SSSR count). The maximum atomic E-state index is 9.95. The van der Waals surface area contributed by atoms with Crippen LogP contribution in [0.3, 0.4) is 0 Å². The Morgan fingerprint density at radius 3 is 1.30 bits per heavy atom. The van der Waals surface area contributed by atoms with Crippen molar-refractivity contribution in [2.75, 3.05) is 0 Å². The highest BCUT2D eigenvalue weighted by molar-refractivity contribution is 5.91. The van der Waals surface area contributed by atoms with Crippen molar-refractivity contribution in [2.45, 2.75) is 13.8 Å². The largest absolute Gasteiger partial charge is 0.504 e. The van der Waals surface area contributed by atoms with E-state index in [-0.39, 0.29) is 11.1 Å². The first-order valence-corrected chi connectivity index (χ1v) is 8.86. The molecule has 0 heterocycles. The Bertz CT molecular complexity index is 1090. The highest BCUT2D eigenvalue weighted by atomic mass is 16.3. The molecular formula is C22H20N2O6. The van der Waals surface area contributed by atoms with Crippen LogP contribution < -0.4 is 0 Å². The van der Waals surface area contributed by atoms with Crippen molar-refractivity contribution in [3.63, 3.8) is 0 Å². The fourth-order valence-electron chi connectivity index (χ4n) is 2.65. The van der Waals surface area contributed by atoms with Crippen molar-refractivity contribution in [1.29, 1.82) is 0 Å². The molecule has 8 nitrogen and oxygen atoms in total. The number of phenolic OH excluding ortho intramolecular Hbond substituents is 6. The molecule has 3 aromatic carbocycles. The van der Waals surface area contributed by atoms with Crippen LogP contribution in [0, 0.1) is 13.8 Å². The van der Waals surface area contributed by atoms with Crippen molar-refractivity contribution in [2.24, 2.45) is 9.98 Å². The molecule has 0 fully saturated rings. The quantitative estimate of drug-likeness (QED) is 0.284. The predicted octanol–water partition coefficient (Wildman–Crippen LogP) is 4.04. The topological polar surface area (TPSA) is 146 Å². The van der Waals surface area contributed by atoms with Gasteiger partial charge < -0.3 is 30.6 Å². The minimum Gasteiger partial charge on any atom is -0.504 e. The van der Waals surface area contributed by atoms with E-state index in [2.05, 4.69) is 9.98 Å². The Morgan fingerprint density at radius 1 is 0.567 bits per heavy atom. The lowest BCUT2D eigenvalue weighted by Crippen LogP contribution is -1.86. The second-order valence-corrected chi connectivity index (χ2v) is 6.68. The second-order valence-electron chi connectivity index (χ2n) is 6.68. The molecule has 0 aliphatic carbocycles. The summed E-state index contributed by atoms with van der Waals surface area (Å²) in [4.78, 5) is 8.67. The molecule has 30 heavy (non-hydrogen) atoms. The number of hydrogen-bond acceptors (Lipinski definition) is 8. The van der Waals surface area contributed by atoms with Gasteiger partial charge in [0.05, 0.1) is 11.4 Å². The zero-order chi connectivity index (χ0) is 22.0. The van der Waals surface area contributed by atoms with Crippen molar-refractivity contribution in [1.82, 2.24) is 0 Å². The lowest BCUT2D eigenvalue weighted by Gasteiger charge is -2.08. The number of rotatable bonds is 4. The summed E-state index contributed by atoms with van der Waals surface area (Å²) in [6.45, 7) is 3.80. The van der Waals surface area contributed by atoms with Crippen LogP contribution in [0.5, 0.6) is 34.5 Å². The van der Waals surface area contributed by atoms with Gasteiger partial charge in [0.1, 0.15) is 0 Å². The van der Waals surface area contributed by atoms with Crippen LogP contribution in [0.4, 0.5) is 11.4 Å². The molecule has 0 aliphatic heterocycles. The van der Waals surface area contributed by atoms with Gasteiger partial charge in [0.2, 0.25) is 11.5 Å². The summed E-state index contributed by atoms with van der Waals surface area (Å²) in [5, 5.41) is 58.1. The van der Waals surface area contributed by atoms with E-state index >= 15 is 0 Å². The number of aromatic hydroxyl groups is 6. The fourth-order valence-corrected chi connectivity index (χ4v) is 2.65. The van der Waals surface area contributed by atoms with Gasteiger partial charge in [0.25, 0.3) is 0 Å². The fraction of sp³-hybridized carbons (Fsp3) is 0.0909. The van der Waals surface area contributed by atoms with E-state index in [1.54, 1.807) is 12.1 Å². The molecule has 0 aromatic heterocycles. The van der Waals surface area contributed by atoms with E-state index in [1.165, 1.54) is 36.7 Å². The molecule has 0 bridgehead atoms. The number of nitrogens with zero attached hydrogens (tertiary/aromatic N) is 2. The molecule has 0 unspecified atom stereocenters. The number of aryl methyl sites for hydroxylation is 2. The van der Waals surface area contributed by atoms with Crippen LogP contribution in [0.25, 0.3) is 0 Å². The SMILES string of the molecule is Cc1cc(N=Cc2ccc(O)c(O)c2O)c(N=Cc2ccc(O)c(O)c2O)cc1C. The Hall–Kier alpha value is -4.20. The number of aliphatic imine (C=N–C) groups is 2. The first-order valence-electron chi connectivity index (χ1n) is 8.86. The Morgan fingerprint density at radius 2 is 0.933 bits per heavy atom. The van der Waals surface area contributed by atoms with Crippen molar-refractivity contribution >= 4 is 23.8 Å².